The Kier molecular flexibility index (Phi) is 6.65. The number of aliphatic hydroxyl groups is 1. The lowest BCUT2D eigenvalue weighted by Crippen LogP contribution is -2.52. The number of fused-ring (bicyclic) bond motifs is 3. The van der Waals surface area contributed by atoms with Gasteiger partial charge in [0.15, 0.2) is 0 Å². The molecule has 0 aromatic heterocycles. The molecule has 174 valence electrons. The number of carbonyl (C=O) groups excluding carboxylic acids is 2. The lowest BCUT2D eigenvalue weighted by atomic mass is 9.98. The third-order valence-corrected chi connectivity index (χ3v) is 6.04. The first-order chi connectivity index (χ1) is 15.8. The predicted molar refractivity (Wildman–Crippen MR) is 121 cm³/mol. The summed E-state index contributed by atoms with van der Waals surface area (Å²) in [6.07, 6.45) is -0.572. The predicted octanol–water partition coefficient (Wildman–Crippen LogP) is 2.74. The van der Waals surface area contributed by atoms with Crippen molar-refractivity contribution < 1.29 is 29.3 Å². The van der Waals surface area contributed by atoms with Crippen LogP contribution in [-0.4, -0.2) is 64.4 Å². The highest BCUT2D eigenvalue weighted by atomic mass is 16.5. The number of carboxylic acid groups (broad SMARTS) is 1. The maximum atomic E-state index is 13.0. The van der Waals surface area contributed by atoms with E-state index in [-0.39, 0.29) is 25.1 Å². The van der Waals surface area contributed by atoms with Crippen LogP contribution in [0.2, 0.25) is 0 Å². The molecule has 3 N–H and O–H groups in total. The Hall–Kier alpha value is -3.39. The number of nitrogens with one attached hydrogen (secondary N) is 1. The number of hydrogen-bond donors (Lipinski definition) is 3. The van der Waals surface area contributed by atoms with E-state index in [0.29, 0.717) is 0 Å². The van der Waals surface area contributed by atoms with E-state index in [1.54, 1.807) is 6.92 Å². The van der Waals surface area contributed by atoms with Crippen molar-refractivity contribution in [3.8, 4) is 11.1 Å². The van der Waals surface area contributed by atoms with E-state index in [0.717, 1.165) is 35.1 Å². The van der Waals surface area contributed by atoms with Crippen molar-refractivity contribution in [3.63, 3.8) is 0 Å². The van der Waals surface area contributed by atoms with Gasteiger partial charge in [-0.05, 0) is 42.0 Å². The lowest BCUT2D eigenvalue weighted by molar-refractivity contribution is -0.143. The zero-order valence-electron chi connectivity index (χ0n) is 18.4. The molecule has 1 saturated carbocycles. The van der Waals surface area contributed by atoms with E-state index in [1.807, 2.05) is 48.5 Å². The standard InChI is InChI=1S/C25H28N2O6/c1-15(28)13-27(16-10-11-16)24(31)22(12-23(29)30)26-25(32)33-14-21-19-8-4-2-6-17(19)18-7-3-5-9-20(18)21/h2-9,15-16,21-22,28H,10-14H2,1H3,(H,26,32)(H,29,30). The van der Waals surface area contributed by atoms with Gasteiger partial charge in [-0.2, -0.15) is 0 Å². The molecule has 2 amide bonds. The molecular formula is C25H28N2O6. The number of aliphatic hydroxyl groups excluding tert-OH is 1. The zero-order valence-corrected chi connectivity index (χ0v) is 18.4. The molecular weight excluding hydrogens is 424 g/mol. The summed E-state index contributed by atoms with van der Waals surface area (Å²) in [6, 6.07) is 14.6. The van der Waals surface area contributed by atoms with Crippen LogP contribution < -0.4 is 5.32 Å². The van der Waals surface area contributed by atoms with Gasteiger partial charge in [0.2, 0.25) is 5.91 Å². The van der Waals surface area contributed by atoms with Crippen molar-refractivity contribution in [2.45, 2.75) is 50.3 Å². The van der Waals surface area contributed by atoms with Crippen LogP contribution in [0.4, 0.5) is 4.79 Å². The van der Waals surface area contributed by atoms with Gasteiger partial charge in [0.05, 0.1) is 12.5 Å². The van der Waals surface area contributed by atoms with E-state index < -0.39 is 36.5 Å². The highest BCUT2D eigenvalue weighted by molar-refractivity contribution is 5.89. The molecule has 2 aromatic rings. The fourth-order valence-electron chi connectivity index (χ4n) is 4.45. The average Bonchev–Trinajstić information content (AvgIpc) is 3.57. The summed E-state index contributed by atoms with van der Waals surface area (Å²) < 4.78 is 5.48. The van der Waals surface area contributed by atoms with Gasteiger partial charge < -0.3 is 25.2 Å². The summed E-state index contributed by atoms with van der Waals surface area (Å²) in [5.41, 5.74) is 4.31. The Morgan fingerprint density at radius 1 is 1.06 bits per heavy atom. The van der Waals surface area contributed by atoms with Gasteiger partial charge in [0.1, 0.15) is 12.6 Å². The molecule has 2 atom stereocenters. The van der Waals surface area contributed by atoms with Crippen molar-refractivity contribution >= 4 is 18.0 Å². The molecule has 2 aliphatic rings. The number of amides is 2. The Balaban J connectivity index is 1.44. The minimum atomic E-state index is -1.27. The van der Waals surface area contributed by atoms with E-state index in [9.17, 15) is 24.6 Å². The lowest BCUT2D eigenvalue weighted by Gasteiger charge is -2.28. The molecule has 2 aromatic carbocycles. The molecule has 8 heteroatoms. The molecule has 1 fully saturated rings. The van der Waals surface area contributed by atoms with Crippen molar-refractivity contribution in [3.05, 3.63) is 59.7 Å². The van der Waals surface area contributed by atoms with Crippen LogP contribution in [0.5, 0.6) is 0 Å². The SMILES string of the molecule is CC(O)CN(C(=O)C(CC(=O)O)NC(=O)OCC1c2ccccc2-c2ccccc21)C1CC1. The minimum absolute atomic E-state index is 0.0345. The number of hydrogen-bond acceptors (Lipinski definition) is 5. The zero-order chi connectivity index (χ0) is 23.5. The van der Waals surface area contributed by atoms with Crippen LogP contribution in [-0.2, 0) is 14.3 Å². The number of ether oxygens (including phenoxy) is 1. The second kappa shape index (κ2) is 9.62. The molecule has 0 heterocycles. The van der Waals surface area contributed by atoms with Gasteiger partial charge in [-0.3, -0.25) is 9.59 Å². The Morgan fingerprint density at radius 2 is 1.64 bits per heavy atom. The normalized spacial score (nSPS) is 16.3. The second-order valence-electron chi connectivity index (χ2n) is 8.69. The highest BCUT2D eigenvalue weighted by Gasteiger charge is 2.38. The van der Waals surface area contributed by atoms with Crippen molar-refractivity contribution in [1.82, 2.24) is 10.2 Å². The minimum Gasteiger partial charge on any atom is -0.481 e. The van der Waals surface area contributed by atoms with E-state index in [1.165, 1.54) is 4.90 Å². The molecule has 33 heavy (non-hydrogen) atoms. The topological polar surface area (TPSA) is 116 Å². The largest absolute Gasteiger partial charge is 0.481 e. The Morgan fingerprint density at radius 3 is 2.15 bits per heavy atom. The Bertz CT molecular complexity index is 1000. The van der Waals surface area contributed by atoms with Gasteiger partial charge >= 0.3 is 12.1 Å². The van der Waals surface area contributed by atoms with Gasteiger partial charge in [-0.25, -0.2) is 4.79 Å². The molecule has 0 radical (unpaired) electrons. The number of rotatable bonds is 9. The summed E-state index contributed by atoms with van der Waals surface area (Å²) >= 11 is 0. The Labute approximate surface area is 192 Å². The average molecular weight is 453 g/mol. The molecule has 4 rings (SSSR count). The van der Waals surface area contributed by atoms with Crippen LogP contribution in [0.15, 0.2) is 48.5 Å². The first-order valence-corrected chi connectivity index (χ1v) is 11.2. The van der Waals surface area contributed by atoms with Crippen LogP contribution in [0.3, 0.4) is 0 Å². The second-order valence-corrected chi connectivity index (χ2v) is 8.69. The van der Waals surface area contributed by atoms with E-state index in [2.05, 4.69) is 5.32 Å². The van der Waals surface area contributed by atoms with Crippen LogP contribution in [0.25, 0.3) is 11.1 Å². The summed E-state index contributed by atoms with van der Waals surface area (Å²) in [4.78, 5) is 38.4. The van der Waals surface area contributed by atoms with E-state index in [4.69, 9.17) is 4.74 Å². The number of nitrogens with zero attached hydrogens (tertiary/aromatic N) is 1. The summed E-state index contributed by atoms with van der Waals surface area (Å²) in [5, 5.41) is 21.5. The summed E-state index contributed by atoms with van der Waals surface area (Å²) in [7, 11) is 0. The van der Waals surface area contributed by atoms with Gasteiger partial charge in [-0.15, -0.1) is 0 Å². The highest BCUT2D eigenvalue weighted by Crippen LogP contribution is 2.44. The first kappa shape index (κ1) is 22.8. The molecule has 0 spiro atoms. The number of benzene rings is 2. The monoisotopic (exact) mass is 452 g/mol. The smallest absolute Gasteiger partial charge is 0.407 e. The number of carboxylic acids is 1. The van der Waals surface area contributed by atoms with Gasteiger partial charge in [0, 0.05) is 18.5 Å². The molecule has 2 unspecified atom stereocenters. The summed E-state index contributed by atoms with van der Waals surface area (Å²) in [5.74, 6) is -1.87. The number of aliphatic carboxylic acids is 1. The van der Waals surface area contributed by atoms with Crippen LogP contribution in [0.1, 0.15) is 43.2 Å². The van der Waals surface area contributed by atoms with Crippen molar-refractivity contribution in [2.24, 2.45) is 0 Å². The third kappa shape index (κ3) is 5.17. The van der Waals surface area contributed by atoms with Crippen LogP contribution >= 0.6 is 0 Å². The summed E-state index contributed by atoms with van der Waals surface area (Å²) in [6.45, 7) is 1.72. The molecule has 0 aliphatic heterocycles. The maximum absolute atomic E-state index is 13.0. The van der Waals surface area contributed by atoms with Gasteiger partial charge in [-0.1, -0.05) is 48.5 Å². The number of alkyl carbamates (subject to hydrolysis) is 1. The molecule has 0 saturated heterocycles. The molecule has 8 nitrogen and oxygen atoms in total. The van der Waals surface area contributed by atoms with Crippen LogP contribution in [0, 0.1) is 0 Å². The third-order valence-electron chi connectivity index (χ3n) is 6.04. The quantitative estimate of drug-likeness (QED) is 0.539. The van der Waals surface area contributed by atoms with Crippen molar-refractivity contribution in [1.29, 1.82) is 0 Å². The molecule has 2 aliphatic carbocycles. The number of carbonyl (C=O) groups is 3. The van der Waals surface area contributed by atoms with E-state index >= 15 is 0 Å². The van der Waals surface area contributed by atoms with Gasteiger partial charge in [0.25, 0.3) is 0 Å². The fraction of sp³-hybridized carbons (Fsp3) is 0.400. The fourth-order valence-corrected chi connectivity index (χ4v) is 4.45. The maximum Gasteiger partial charge on any atom is 0.407 e. The molecule has 0 bridgehead atoms. The first-order valence-electron chi connectivity index (χ1n) is 11.2. The van der Waals surface area contributed by atoms with Crippen molar-refractivity contribution in [2.75, 3.05) is 13.2 Å².